The maximum Gasteiger partial charge on any atom is 0.408 e. The Morgan fingerprint density at radius 3 is 1.37 bits per heavy atom. The molecule has 302 valence electrons. The van der Waals surface area contributed by atoms with Gasteiger partial charge < -0.3 is 64.9 Å². The van der Waals surface area contributed by atoms with E-state index in [4.69, 9.17) is 27.7 Å². The highest BCUT2D eigenvalue weighted by molar-refractivity contribution is 5.86. The molecule has 2 unspecified atom stereocenters. The molecule has 0 fully saturated rings. The standard InChI is InChI=1S/C20H43N5O3.C15H34N6O2/c1-16(2)17(25-19(27)28-20(3,4)5)18(26)24-15-9-14-23-12-7-6-11-22-13-8-10-21;16-7-3-10-19-8-1-2-9-20-11-4-12-21-15(23)13(17)5-6-14(18)22/h16-17,22-23H,6-15,21H2,1-5H3,(H,24,26)(H,25,27);13,19-20H,1-12,16-17H2,(H2,18,22)(H,21,23). The van der Waals surface area contributed by atoms with E-state index in [-0.39, 0.29) is 24.2 Å². The van der Waals surface area contributed by atoms with Gasteiger partial charge in [-0.3, -0.25) is 14.4 Å². The van der Waals surface area contributed by atoms with Gasteiger partial charge in [0, 0.05) is 19.5 Å². The summed E-state index contributed by atoms with van der Waals surface area (Å²) in [6.45, 7) is 19.5. The van der Waals surface area contributed by atoms with Crippen molar-refractivity contribution in [3.63, 3.8) is 0 Å². The third-order valence-electron chi connectivity index (χ3n) is 7.35. The van der Waals surface area contributed by atoms with Crippen LogP contribution in [0.2, 0.25) is 0 Å². The van der Waals surface area contributed by atoms with Gasteiger partial charge in [0.05, 0.1) is 6.04 Å². The molecule has 0 aromatic rings. The van der Waals surface area contributed by atoms with Gasteiger partial charge in [0.25, 0.3) is 0 Å². The lowest BCUT2D eigenvalue weighted by Crippen LogP contribution is -2.51. The number of nitrogens with one attached hydrogen (secondary N) is 7. The molecule has 0 saturated heterocycles. The van der Waals surface area contributed by atoms with Crippen LogP contribution in [0.5, 0.6) is 0 Å². The van der Waals surface area contributed by atoms with Crippen LogP contribution in [-0.2, 0) is 19.1 Å². The largest absolute Gasteiger partial charge is 0.444 e. The minimum Gasteiger partial charge on any atom is -0.444 e. The second-order valence-electron chi connectivity index (χ2n) is 14.0. The average Bonchev–Trinajstić information content (AvgIpc) is 3.06. The van der Waals surface area contributed by atoms with Gasteiger partial charge in [-0.2, -0.15) is 0 Å². The van der Waals surface area contributed by atoms with E-state index in [1.165, 1.54) is 0 Å². The molecule has 4 amide bonds. The van der Waals surface area contributed by atoms with E-state index in [2.05, 4.69) is 37.2 Å². The van der Waals surface area contributed by atoms with Crippen molar-refractivity contribution in [2.75, 3.05) is 78.5 Å². The molecule has 16 nitrogen and oxygen atoms in total. The molecule has 0 aliphatic rings. The van der Waals surface area contributed by atoms with Crippen molar-refractivity contribution >= 4 is 23.8 Å². The number of carbonyl (C=O) groups is 4. The number of rotatable bonds is 31. The molecule has 0 heterocycles. The van der Waals surface area contributed by atoms with Crippen LogP contribution in [0, 0.1) is 5.92 Å². The first-order valence-corrected chi connectivity index (χ1v) is 19.1. The van der Waals surface area contributed by atoms with Crippen LogP contribution in [-0.4, -0.2) is 120 Å². The first kappa shape index (κ1) is 50.5. The summed E-state index contributed by atoms with van der Waals surface area (Å²) in [5, 5.41) is 21.7. The summed E-state index contributed by atoms with van der Waals surface area (Å²) >= 11 is 0. The molecule has 0 aromatic heterocycles. The zero-order valence-corrected chi connectivity index (χ0v) is 32.6. The van der Waals surface area contributed by atoms with Crippen molar-refractivity contribution in [1.82, 2.24) is 37.2 Å². The SMILES string of the molecule is CC(C)C(NC(=O)OC(C)(C)C)C(=O)NCCCNCCCCNCCCN.NCCCNCCCCNCCCNC(=O)C(N)CCC(N)=O. The van der Waals surface area contributed by atoms with Gasteiger partial charge in [0.15, 0.2) is 0 Å². The monoisotopic (exact) mass is 732 g/mol. The second-order valence-corrected chi connectivity index (χ2v) is 14.0. The summed E-state index contributed by atoms with van der Waals surface area (Å²) in [5.41, 5.74) is 20.9. The molecule has 51 heavy (non-hydrogen) atoms. The van der Waals surface area contributed by atoms with E-state index in [0.717, 1.165) is 117 Å². The summed E-state index contributed by atoms with van der Waals surface area (Å²) in [4.78, 5) is 46.5. The smallest absolute Gasteiger partial charge is 0.408 e. The maximum atomic E-state index is 12.4. The van der Waals surface area contributed by atoms with Crippen LogP contribution in [0.15, 0.2) is 0 Å². The van der Waals surface area contributed by atoms with Gasteiger partial charge in [-0.15, -0.1) is 0 Å². The number of nitrogens with two attached hydrogens (primary N) is 4. The number of primary amides is 1. The zero-order valence-electron chi connectivity index (χ0n) is 32.6. The zero-order chi connectivity index (χ0) is 38.8. The van der Waals surface area contributed by atoms with Crippen molar-refractivity contribution < 1.29 is 23.9 Å². The number of alkyl carbamates (subject to hydrolysis) is 1. The molecule has 0 radical (unpaired) electrons. The van der Waals surface area contributed by atoms with E-state index < -0.39 is 29.7 Å². The first-order chi connectivity index (χ1) is 24.2. The van der Waals surface area contributed by atoms with Crippen LogP contribution >= 0.6 is 0 Å². The highest BCUT2D eigenvalue weighted by atomic mass is 16.6. The molecule has 0 aliphatic carbocycles. The Morgan fingerprint density at radius 2 is 1.00 bits per heavy atom. The Morgan fingerprint density at radius 1 is 0.608 bits per heavy atom. The summed E-state index contributed by atoms with van der Waals surface area (Å²) in [5.74, 6) is -0.865. The van der Waals surface area contributed by atoms with Crippen molar-refractivity contribution in [2.45, 2.75) is 117 Å². The highest BCUT2D eigenvalue weighted by Crippen LogP contribution is 2.09. The normalized spacial score (nSPS) is 12.4. The number of hydrogen-bond acceptors (Lipinski definition) is 12. The summed E-state index contributed by atoms with van der Waals surface area (Å²) in [6, 6.07) is -1.27. The fraction of sp³-hybridized carbons (Fsp3) is 0.886. The highest BCUT2D eigenvalue weighted by Gasteiger charge is 2.26. The fourth-order valence-corrected chi connectivity index (χ4v) is 4.44. The van der Waals surface area contributed by atoms with Gasteiger partial charge in [0.2, 0.25) is 17.7 Å². The van der Waals surface area contributed by atoms with Gasteiger partial charge >= 0.3 is 6.09 Å². The molecular weight excluding hydrogens is 654 g/mol. The molecule has 0 rings (SSSR count). The van der Waals surface area contributed by atoms with E-state index in [1.54, 1.807) is 20.8 Å². The quantitative estimate of drug-likeness (QED) is 0.0412. The number of hydrogen-bond donors (Lipinski definition) is 11. The molecule has 15 N–H and O–H groups in total. The number of ether oxygens (including phenoxy) is 1. The maximum absolute atomic E-state index is 12.4. The van der Waals surface area contributed by atoms with Crippen LogP contribution in [0.4, 0.5) is 4.79 Å². The lowest BCUT2D eigenvalue weighted by molar-refractivity contribution is -0.124. The average molecular weight is 732 g/mol. The molecule has 0 saturated carbocycles. The molecule has 0 aromatic carbocycles. The summed E-state index contributed by atoms with van der Waals surface area (Å²) in [7, 11) is 0. The molecule has 16 heteroatoms. The predicted octanol–water partition coefficient (Wildman–Crippen LogP) is -0.256. The van der Waals surface area contributed by atoms with Crippen molar-refractivity contribution in [3.8, 4) is 0 Å². The minimum absolute atomic E-state index is 0.0240. The van der Waals surface area contributed by atoms with Crippen LogP contribution in [0.3, 0.4) is 0 Å². The fourth-order valence-electron chi connectivity index (χ4n) is 4.44. The van der Waals surface area contributed by atoms with E-state index >= 15 is 0 Å². The van der Waals surface area contributed by atoms with Gasteiger partial charge in [0.1, 0.15) is 11.6 Å². The predicted molar refractivity (Wildman–Crippen MR) is 207 cm³/mol. The molecule has 0 spiro atoms. The van der Waals surface area contributed by atoms with Crippen molar-refractivity contribution in [3.05, 3.63) is 0 Å². The lowest BCUT2D eigenvalue weighted by atomic mass is 10.0. The Bertz CT molecular complexity index is 876. The number of unbranched alkanes of at least 4 members (excludes halogenated alkanes) is 2. The minimum atomic E-state index is -0.665. The second kappa shape index (κ2) is 34.5. The van der Waals surface area contributed by atoms with Gasteiger partial charge in [-0.05, 0) is 150 Å². The number of carbonyl (C=O) groups excluding carboxylic acids is 4. The first-order valence-electron chi connectivity index (χ1n) is 19.1. The van der Waals surface area contributed by atoms with Crippen molar-refractivity contribution in [1.29, 1.82) is 0 Å². The Hall–Kier alpha value is -2.60. The van der Waals surface area contributed by atoms with E-state index in [9.17, 15) is 19.2 Å². The van der Waals surface area contributed by atoms with E-state index in [1.807, 2.05) is 13.8 Å². The third-order valence-corrected chi connectivity index (χ3v) is 7.35. The molecular formula is C35H77N11O5. The molecule has 0 bridgehead atoms. The molecule has 0 aliphatic heterocycles. The topological polar surface area (TPSA) is 266 Å². The number of amides is 4. The Labute approximate surface area is 308 Å². The summed E-state index contributed by atoms with van der Waals surface area (Å²) < 4.78 is 5.24. The Balaban J connectivity index is 0. The van der Waals surface area contributed by atoms with Crippen LogP contribution in [0.1, 0.15) is 98.8 Å². The van der Waals surface area contributed by atoms with Gasteiger partial charge in [-0.1, -0.05) is 13.8 Å². The Kier molecular flexibility index (Phi) is 34.2. The van der Waals surface area contributed by atoms with Crippen LogP contribution in [0.25, 0.3) is 0 Å². The summed E-state index contributed by atoms with van der Waals surface area (Å²) in [6.07, 6.45) is 8.13. The lowest BCUT2D eigenvalue weighted by Gasteiger charge is -2.25. The molecule has 2 atom stereocenters. The van der Waals surface area contributed by atoms with E-state index in [0.29, 0.717) is 19.5 Å². The van der Waals surface area contributed by atoms with Crippen molar-refractivity contribution in [2.24, 2.45) is 28.9 Å². The third kappa shape index (κ3) is 37.0. The van der Waals surface area contributed by atoms with Gasteiger partial charge in [-0.25, -0.2) is 4.79 Å². The van der Waals surface area contributed by atoms with Crippen LogP contribution < -0.4 is 60.2 Å².